The lowest BCUT2D eigenvalue weighted by molar-refractivity contribution is -0.211. The highest BCUT2D eigenvalue weighted by Crippen LogP contribution is 1.95. The smallest absolute Gasteiger partial charge is 0.194 e. The lowest BCUT2D eigenvalue weighted by Gasteiger charge is -1.82. The largest absolute Gasteiger partial charge is 0.319 e. The molecule has 0 saturated carbocycles. The lowest BCUT2D eigenvalue weighted by atomic mass is 11.0. The summed E-state index contributed by atoms with van der Waals surface area (Å²) in [6.07, 6.45) is 0.114. The fraction of sp³-hybridized carbons (Fsp3) is 0. The zero-order chi connectivity index (χ0) is 6.69. The molecule has 0 aromatic carbocycles. The molecule has 0 radical (unpaired) electrons. The first kappa shape index (κ1) is 5.67. The molecular weight excluding hydrogens is 125 g/mol. The maximum Gasteiger partial charge on any atom is 0.319 e. The normalized spacial score (nSPS) is 9.00. The molecule has 0 aliphatic rings. The third-order valence-electron chi connectivity index (χ3n) is 0.645. The van der Waals surface area contributed by atoms with E-state index in [0.29, 0.717) is 0 Å². The van der Waals surface area contributed by atoms with Gasteiger partial charge in [0.25, 0.3) is 0 Å². The van der Waals surface area contributed by atoms with Gasteiger partial charge in [0.1, 0.15) is 6.33 Å². The zero-order valence-corrected chi connectivity index (χ0v) is 4.32. The zero-order valence-electron chi connectivity index (χ0n) is 4.32. The van der Waals surface area contributed by atoms with E-state index in [1.807, 2.05) is 0 Å². The van der Waals surface area contributed by atoms with Crippen LogP contribution < -0.4 is 5.53 Å². The summed E-state index contributed by atoms with van der Waals surface area (Å²) in [7, 11) is 0. The fourth-order valence-electron chi connectivity index (χ4n) is 0.331. The van der Waals surface area contributed by atoms with Gasteiger partial charge in [0.05, 0.1) is 0 Å². The molecule has 2 N–H and O–H groups in total. The van der Waals surface area contributed by atoms with E-state index in [-0.39, 0.29) is 5.95 Å². The molecular formula is C3H3FN5+. The molecule has 1 aromatic heterocycles. The number of aromatic nitrogens is 3. The van der Waals surface area contributed by atoms with E-state index >= 15 is 0 Å². The number of halogens is 1. The molecule has 1 rings (SSSR count). The van der Waals surface area contributed by atoms with Crippen LogP contribution in [0.15, 0.2) is 11.4 Å². The second-order valence-corrected chi connectivity index (χ2v) is 1.18. The Bertz CT molecular complexity index is 223. The molecule has 0 aliphatic heterocycles. The number of rotatable bonds is 1. The van der Waals surface area contributed by atoms with Crippen molar-refractivity contribution >= 4 is 5.95 Å². The molecule has 0 aliphatic carbocycles. The molecule has 6 heteroatoms. The summed E-state index contributed by atoms with van der Waals surface area (Å²) in [5.74, 6) is -0.109. The average Bonchev–Trinajstić information content (AvgIpc) is 1.88. The molecule has 0 bridgehead atoms. The van der Waals surface area contributed by atoms with E-state index in [1.165, 1.54) is 0 Å². The van der Waals surface area contributed by atoms with E-state index in [4.69, 9.17) is 5.53 Å². The quantitative estimate of drug-likeness (QED) is 0.485. The van der Waals surface area contributed by atoms with Crippen LogP contribution in [-0.2, 0) is 0 Å². The van der Waals surface area contributed by atoms with E-state index in [0.717, 1.165) is 6.33 Å². The molecule has 0 fully saturated rings. The second-order valence-electron chi connectivity index (χ2n) is 1.18. The predicted octanol–water partition coefficient (Wildman–Crippen LogP) is -1.15. The van der Waals surface area contributed by atoms with Crippen molar-refractivity contribution in [1.82, 2.24) is 15.0 Å². The van der Waals surface area contributed by atoms with E-state index in [9.17, 15) is 4.39 Å². The van der Waals surface area contributed by atoms with E-state index in [2.05, 4.69) is 20.1 Å². The standard InChI is InChI=1S/C3H2FN5/c4-2-6-1-7-3(8-2)9-5/h1,5H/p+1. The maximum atomic E-state index is 12.0. The summed E-state index contributed by atoms with van der Waals surface area (Å²) >= 11 is 0. The Morgan fingerprint density at radius 1 is 1.56 bits per heavy atom. The van der Waals surface area contributed by atoms with Gasteiger partial charge in [0.2, 0.25) is 0 Å². The molecule has 0 unspecified atom stereocenters. The molecule has 1 heterocycles. The van der Waals surface area contributed by atoms with Crippen molar-refractivity contribution in [2.75, 3.05) is 0 Å². The van der Waals surface area contributed by atoms with Gasteiger partial charge >= 0.3 is 12.0 Å². The predicted molar refractivity (Wildman–Crippen MR) is 23.8 cm³/mol. The van der Waals surface area contributed by atoms with Crippen molar-refractivity contribution in [3.05, 3.63) is 12.4 Å². The van der Waals surface area contributed by atoms with Gasteiger partial charge in [-0.1, -0.05) is 0 Å². The summed E-state index contributed by atoms with van der Waals surface area (Å²) in [5.41, 5.74) is 4.72. The van der Waals surface area contributed by atoms with Crippen molar-refractivity contribution in [2.24, 2.45) is 5.11 Å². The van der Waals surface area contributed by atoms with Crippen LogP contribution in [0.25, 0.3) is 0 Å². The van der Waals surface area contributed by atoms with Crippen molar-refractivity contribution in [1.29, 1.82) is 0 Å². The Morgan fingerprint density at radius 3 is 2.78 bits per heavy atom. The van der Waals surface area contributed by atoms with Crippen LogP contribution in [0.4, 0.5) is 10.3 Å². The summed E-state index contributed by atoms with van der Waals surface area (Å²) in [4.78, 5) is 9.60. The second kappa shape index (κ2) is 2.21. The van der Waals surface area contributed by atoms with E-state index < -0.39 is 6.08 Å². The minimum Gasteiger partial charge on any atom is -0.194 e. The molecule has 1 aromatic rings. The van der Waals surface area contributed by atoms with Crippen molar-refractivity contribution < 1.29 is 9.92 Å². The van der Waals surface area contributed by atoms with Gasteiger partial charge in [-0.3, -0.25) is 0 Å². The average molecular weight is 128 g/mol. The van der Waals surface area contributed by atoms with Crippen molar-refractivity contribution in [3.63, 3.8) is 0 Å². The third-order valence-corrected chi connectivity index (χ3v) is 0.645. The first-order valence-electron chi connectivity index (χ1n) is 2.08. The summed E-state index contributed by atoms with van der Waals surface area (Å²) in [5, 5.41) is 3.03. The number of hydrogen-bond donors (Lipinski definition) is 1. The Labute approximate surface area is 49.5 Å². The Morgan fingerprint density at radius 2 is 2.33 bits per heavy atom. The van der Waals surface area contributed by atoms with Crippen molar-refractivity contribution in [2.45, 2.75) is 0 Å². The summed E-state index contributed by atoms with van der Waals surface area (Å²) in [6, 6.07) is 0. The van der Waals surface area contributed by atoms with Gasteiger partial charge in [-0.25, -0.2) is 0 Å². The Kier molecular flexibility index (Phi) is 1.39. The third kappa shape index (κ3) is 1.21. The highest BCUT2D eigenvalue weighted by atomic mass is 19.1. The Hall–Kier alpha value is -1.46. The monoisotopic (exact) mass is 128 g/mol. The van der Waals surface area contributed by atoms with Crippen LogP contribution in [0.3, 0.4) is 0 Å². The summed E-state index contributed by atoms with van der Waals surface area (Å²) in [6.45, 7) is 0. The highest BCUT2D eigenvalue weighted by molar-refractivity contribution is 5.05. The highest BCUT2D eigenvalue weighted by Gasteiger charge is 1.96. The van der Waals surface area contributed by atoms with Crippen molar-refractivity contribution in [3.8, 4) is 0 Å². The SMILES string of the molecule is [NH2+]=Nc1ncnc(F)n1. The minimum absolute atomic E-state index is 0.109. The van der Waals surface area contributed by atoms with Crippen LogP contribution in [0.2, 0.25) is 0 Å². The number of nitrogens with two attached hydrogens (primary N) is 1. The van der Waals surface area contributed by atoms with Gasteiger partial charge < -0.3 is 0 Å². The van der Waals surface area contributed by atoms with Gasteiger partial charge in [-0.05, 0) is 0 Å². The van der Waals surface area contributed by atoms with Gasteiger partial charge in [0, 0.05) is 5.11 Å². The number of nitrogens with zero attached hydrogens (tertiary/aromatic N) is 4. The first-order valence-corrected chi connectivity index (χ1v) is 2.08. The molecule has 46 valence electrons. The minimum atomic E-state index is -0.880. The van der Waals surface area contributed by atoms with Crippen LogP contribution in [0, 0.1) is 6.08 Å². The molecule has 0 amide bonds. The van der Waals surface area contributed by atoms with Crippen LogP contribution in [0.5, 0.6) is 0 Å². The fourth-order valence-corrected chi connectivity index (χ4v) is 0.331. The topological polar surface area (TPSA) is 76.6 Å². The van der Waals surface area contributed by atoms with Gasteiger partial charge in [0.15, 0.2) is 0 Å². The first-order chi connectivity index (χ1) is 4.33. The van der Waals surface area contributed by atoms with Crippen LogP contribution >= 0.6 is 0 Å². The summed E-state index contributed by atoms with van der Waals surface area (Å²) < 4.78 is 12.0. The van der Waals surface area contributed by atoms with Gasteiger partial charge in [-0.15, -0.1) is 5.53 Å². The maximum absolute atomic E-state index is 12.0. The van der Waals surface area contributed by atoms with Gasteiger partial charge in [-0.2, -0.15) is 19.3 Å². The van der Waals surface area contributed by atoms with Crippen LogP contribution in [0.1, 0.15) is 0 Å². The molecule has 5 nitrogen and oxygen atoms in total. The number of hydrogen-bond acceptors (Lipinski definition) is 4. The molecule has 0 spiro atoms. The Balaban J connectivity index is 3.07. The van der Waals surface area contributed by atoms with Crippen LogP contribution in [-0.4, -0.2) is 15.0 Å². The lowest BCUT2D eigenvalue weighted by Crippen LogP contribution is -2.22. The molecule has 9 heavy (non-hydrogen) atoms. The molecule has 0 atom stereocenters. The van der Waals surface area contributed by atoms with E-state index in [1.54, 1.807) is 0 Å². The molecule has 0 saturated heterocycles.